The molecule has 0 aliphatic carbocycles. The van der Waals surface area contributed by atoms with E-state index in [2.05, 4.69) is 16.8 Å². The Kier molecular flexibility index (Phi) is 3.55. The van der Waals surface area contributed by atoms with E-state index in [4.69, 9.17) is 4.42 Å². The van der Waals surface area contributed by atoms with E-state index in [1.807, 2.05) is 0 Å². The zero-order valence-electron chi connectivity index (χ0n) is 9.58. The van der Waals surface area contributed by atoms with Crippen molar-refractivity contribution < 1.29 is 13.2 Å². The quantitative estimate of drug-likeness (QED) is 0.659. The maximum Gasteiger partial charge on any atom is 0.337 e. The van der Waals surface area contributed by atoms with Gasteiger partial charge in [0.25, 0.3) is 6.43 Å². The van der Waals surface area contributed by atoms with E-state index in [0.29, 0.717) is 12.0 Å². The Morgan fingerprint density at radius 3 is 3.00 bits per heavy atom. The number of nitrogens with one attached hydrogen (secondary N) is 1. The van der Waals surface area contributed by atoms with Crippen LogP contribution in [0, 0.1) is 0 Å². The molecule has 6 heteroatoms. The van der Waals surface area contributed by atoms with Crippen LogP contribution in [0.3, 0.4) is 0 Å². The number of nitrogens with zero attached hydrogens (tertiary/aromatic N) is 1. The van der Waals surface area contributed by atoms with Crippen LogP contribution in [0.2, 0.25) is 0 Å². The molecular weight excluding hydrogens is 242 g/mol. The summed E-state index contributed by atoms with van der Waals surface area (Å²) in [6.45, 7) is 3.59. The van der Waals surface area contributed by atoms with Crippen LogP contribution in [0.4, 0.5) is 8.78 Å². The highest BCUT2D eigenvalue weighted by Gasteiger charge is 2.19. The Labute approximate surface area is 101 Å². The highest BCUT2D eigenvalue weighted by atomic mass is 19.3. The molecule has 0 atom stereocenters. The maximum absolute atomic E-state index is 12.8. The van der Waals surface area contributed by atoms with Crippen molar-refractivity contribution in [2.45, 2.75) is 25.7 Å². The zero-order valence-corrected chi connectivity index (χ0v) is 9.58. The fourth-order valence-electron chi connectivity index (χ4n) is 1.85. The molecule has 0 saturated heterocycles. The van der Waals surface area contributed by atoms with E-state index in [-0.39, 0.29) is 16.8 Å². The van der Waals surface area contributed by atoms with Crippen molar-refractivity contribution in [1.82, 2.24) is 10.2 Å². The first-order chi connectivity index (χ1) is 8.63. The van der Waals surface area contributed by atoms with Gasteiger partial charge in [0.2, 0.25) is 5.71 Å². The molecule has 0 aliphatic heterocycles. The van der Waals surface area contributed by atoms with Crippen molar-refractivity contribution in [3.05, 3.63) is 40.4 Å². The van der Waals surface area contributed by atoms with Gasteiger partial charge in [-0.2, -0.15) is 0 Å². The third-order valence-corrected chi connectivity index (χ3v) is 2.64. The molecule has 0 aromatic carbocycles. The summed E-state index contributed by atoms with van der Waals surface area (Å²) < 4.78 is 30.4. The summed E-state index contributed by atoms with van der Waals surface area (Å²) in [5.74, 6) is 0. The SMILES string of the molecule is C=CCCCc1cc(=O)oc2n[nH]c(C(F)F)c12. The molecule has 1 N–H and O–H groups in total. The minimum atomic E-state index is -2.68. The minimum absolute atomic E-state index is 0.0635. The number of hydrogen-bond donors (Lipinski definition) is 1. The molecule has 96 valence electrons. The van der Waals surface area contributed by atoms with Gasteiger partial charge >= 0.3 is 5.63 Å². The van der Waals surface area contributed by atoms with E-state index in [9.17, 15) is 13.6 Å². The first kappa shape index (κ1) is 12.5. The summed E-state index contributed by atoms with van der Waals surface area (Å²) in [5, 5.41) is 6.03. The van der Waals surface area contributed by atoms with E-state index in [1.165, 1.54) is 6.07 Å². The van der Waals surface area contributed by atoms with Gasteiger partial charge < -0.3 is 4.42 Å². The van der Waals surface area contributed by atoms with Gasteiger partial charge in [-0.3, -0.25) is 5.10 Å². The minimum Gasteiger partial charge on any atom is -0.402 e. The van der Waals surface area contributed by atoms with Crippen LogP contribution in [0.15, 0.2) is 27.9 Å². The maximum atomic E-state index is 12.8. The number of halogens is 2. The summed E-state index contributed by atoms with van der Waals surface area (Å²) >= 11 is 0. The molecule has 0 saturated carbocycles. The number of alkyl halides is 2. The summed E-state index contributed by atoms with van der Waals surface area (Å²) in [6.07, 6.45) is 1.06. The zero-order chi connectivity index (χ0) is 13.1. The highest BCUT2D eigenvalue weighted by molar-refractivity contribution is 5.80. The fourth-order valence-corrected chi connectivity index (χ4v) is 1.85. The normalized spacial score (nSPS) is 11.3. The molecule has 2 rings (SSSR count). The van der Waals surface area contributed by atoms with Crippen molar-refractivity contribution in [1.29, 1.82) is 0 Å². The average molecular weight is 254 g/mol. The number of aromatic amines is 1. The number of hydrogen-bond acceptors (Lipinski definition) is 3. The largest absolute Gasteiger partial charge is 0.402 e. The van der Waals surface area contributed by atoms with Gasteiger partial charge in [0.05, 0.1) is 5.39 Å². The Morgan fingerprint density at radius 1 is 1.56 bits per heavy atom. The number of aryl methyl sites for hydroxylation is 1. The first-order valence-corrected chi connectivity index (χ1v) is 5.53. The molecule has 0 unspecified atom stereocenters. The van der Waals surface area contributed by atoms with Crippen LogP contribution >= 0.6 is 0 Å². The predicted molar refractivity (Wildman–Crippen MR) is 62.7 cm³/mol. The lowest BCUT2D eigenvalue weighted by Crippen LogP contribution is -2.01. The average Bonchev–Trinajstić information content (AvgIpc) is 2.72. The Bertz CT molecular complexity index is 616. The number of rotatable bonds is 5. The van der Waals surface area contributed by atoms with E-state index in [0.717, 1.165) is 12.8 Å². The van der Waals surface area contributed by atoms with Crippen molar-refractivity contribution >= 4 is 11.1 Å². The number of aromatic nitrogens is 2. The smallest absolute Gasteiger partial charge is 0.337 e. The molecule has 0 spiro atoms. The molecule has 2 aromatic rings. The van der Waals surface area contributed by atoms with Crippen LogP contribution in [0.5, 0.6) is 0 Å². The lowest BCUT2D eigenvalue weighted by Gasteiger charge is -2.02. The highest BCUT2D eigenvalue weighted by Crippen LogP contribution is 2.28. The Morgan fingerprint density at radius 2 is 2.33 bits per heavy atom. The molecule has 18 heavy (non-hydrogen) atoms. The Balaban J connectivity index is 2.50. The molecule has 2 aromatic heterocycles. The van der Waals surface area contributed by atoms with Crippen LogP contribution in [0.1, 0.15) is 30.5 Å². The number of allylic oxidation sites excluding steroid dienone is 1. The van der Waals surface area contributed by atoms with Crippen molar-refractivity contribution in [3.8, 4) is 0 Å². The van der Waals surface area contributed by atoms with E-state index < -0.39 is 12.1 Å². The topological polar surface area (TPSA) is 58.9 Å². The van der Waals surface area contributed by atoms with Gasteiger partial charge in [-0.25, -0.2) is 13.6 Å². The molecular formula is C12H12F2N2O2. The van der Waals surface area contributed by atoms with Gasteiger partial charge in [0, 0.05) is 6.07 Å². The molecule has 0 radical (unpaired) electrons. The number of H-pyrrole nitrogens is 1. The van der Waals surface area contributed by atoms with Gasteiger partial charge in [0.15, 0.2) is 0 Å². The molecule has 0 bridgehead atoms. The number of fused-ring (bicyclic) bond motifs is 1. The van der Waals surface area contributed by atoms with Gasteiger partial charge in [-0.15, -0.1) is 11.7 Å². The van der Waals surface area contributed by atoms with Crippen LogP contribution in [-0.4, -0.2) is 10.2 Å². The molecule has 2 heterocycles. The Hall–Kier alpha value is -1.98. The standard InChI is InChI=1S/C12H12F2N2O2/c1-2-3-4-5-7-6-8(17)18-12-9(7)10(11(13)14)15-16-12/h2,6,11H,1,3-5H2,(H,15,16). The van der Waals surface area contributed by atoms with Crippen LogP contribution < -0.4 is 5.63 Å². The summed E-state index contributed by atoms with van der Waals surface area (Å²) in [7, 11) is 0. The van der Waals surface area contributed by atoms with Gasteiger partial charge in [0.1, 0.15) is 5.69 Å². The molecule has 4 nitrogen and oxygen atoms in total. The fraction of sp³-hybridized carbons (Fsp3) is 0.333. The predicted octanol–water partition coefficient (Wildman–Crippen LogP) is 2.96. The van der Waals surface area contributed by atoms with Crippen molar-refractivity contribution in [3.63, 3.8) is 0 Å². The van der Waals surface area contributed by atoms with Crippen LogP contribution in [-0.2, 0) is 6.42 Å². The third kappa shape index (κ3) is 2.32. The van der Waals surface area contributed by atoms with Crippen molar-refractivity contribution in [2.75, 3.05) is 0 Å². The summed E-state index contributed by atoms with van der Waals surface area (Å²) in [4.78, 5) is 11.3. The lowest BCUT2D eigenvalue weighted by atomic mass is 10.1. The van der Waals surface area contributed by atoms with Gasteiger partial charge in [-0.1, -0.05) is 6.08 Å². The second-order valence-electron chi connectivity index (χ2n) is 3.89. The number of unbranched alkanes of at least 4 members (excludes halogenated alkanes) is 1. The van der Waals surface area contributed by atoms with Crippen LogP contribution in [0.25, 0.3) is 11.1 Å². The van der Waals surface area contributed by atoms with Gasteiger partial charge in [-0.05, 0) is 24.8 Å². The van der Waals surface area contributed by atoms with E-state index >= 15 is 0 Å². The monoisotopic (exact) mass is 254 g/mol. The third-order valence-electron chi connectivity index (χ3n) is 2.64. The lowest BCUT2D eigenvalue weighted by molar-refractivity contribution is 0.147. The van der Waals surface area contributed by atoms with E-state index in [1.54, 1.807) is 6.08 Å². The molecule has 0 aliphatic rings. The molecule has 0 amide bonds. The molecule has 0 fully saturated rings. The second kappa shape index (κ2) is 5.12. The first-order valence-electron chi connectivity index (χ1n) is 5.53. The van der Waals surface area contributed by atoms with Crippen molar-refractivity contribution in [2.24, 2.45) is 0 Å². The summed E-state index contributed by atoms with van der Waals surface area (Å²) in [5.41, 5.74) is -0.413. The second-order valence-corrected chi connectivity index (χ2v) is 3.89. The summed E-state index contributed by atoms with van der Waals surface area (Å²) in [6, 6.07) is 1.24.